The number of rotatable bonds is 3. The van der Waals surface area contributed by atoms with Gasteiger partial charge in [0.05, 0.1) is 7.11 Å². The van der Waals surface area contributed by atoms with Crippen LogP contribution in [0, 0.1) is 5.82 Å². The predicted molar refractivity (Wildman–Crippen MR) is 50.5 cm³/mol. The molecule has 0 radical (unpaired) electrons. The molecule has 0 saturated heterocycles. The highest BCUT2D eigenvalue weighted by molar-refractivity contribution is 5.33. The van der Waals surface area contributed by atoms with Gasteiger partial charge in [0.15, 0.2) is 0 Å². The highest BCUT2D eigenvalue weighted by Crippen LogP contribution is 2.29. The minimum Gasteiger partial charge on any atom is -0.497 e. The van der Waals surface area contributed by atoms with E-state index in [-0.39, 0.29) is 11.3 Å². The molecule has 0 aromatic heterocycles. The monoisotopic (exact) mass is 219 g/mol. The average Bonchev–Trinajstić information content (AvgIpc) is 2.16. The van der Waals surface area contributed by atoms with Gasteiger partial charge in [-0.05, 0) is 13.0 Å². The Labute approximate surface area is 85.8 Å². The molecule has 5 heteroatoms. The average molecular weight is 219 g/mol. The van der Waals surface area contributed by atoms with Crippen molar-refractivity contribution in [2.24, 2.45) is 5.73 Å². The number of ether oxygens (including phenoxy) is 1. The van der Waals surface area contributed by atoms with Gasteiger partial charge in [-0.25, -0.2) is 13.2 Å². The van der Waals surface area contributed by atoms with Crippen molar-refractivity contribution in [2.45, 2.75) is 18.9 Å². The van der Waals surface area contributed by atoms with Gasteiger partial charge in [-0.2, -0.15) is 0 Å². The zero-order valence-corrected chi connectivity index (χ0v) is 8.43. The maximum Gasteiger partial charge on any atom is 0.260 e. The molecule has 0 spiro atoms. The van der Waals surface area contributed by atoms with Crippen LogP contribution in [0.5, 0.6) is 5.75 Å². The van der Waals surface area contributed by atoms with Crippen molar-refractivity contribution in [1.29, 1.82) is 0 Å². The van der Waals surface area contributed by atoms with Gasteiger partial charge in [0.2, 0.25) is 0 Å². The summed E-state index contributed by atoms with van der Waals surface area (Å²) in [5.74, 6) is -0.527. The fourth-order valence-corrected chi connectivity index (χ4v) is 1.18. The normalized spacial score (nSPS) is 15.1. The van der Waals surface area contributed by atoms with Gasteiger partial charge >= 0.3 is 0 Å². The number of hydrogen-bond acceptors (Lipinski definition) is 2. The number of nitrogens with two attached hydrogens (primary N) is 1. The second-order valence-electron chi connectivity index (χ2n) is 3.43. The van der Waals surface area contributed by atoms with Crippen LogP contribution in [0.4, 0.5) is 13.2 Å². The van der Waals surface area contributed by atoms with Crippen LogP contribution < -0.4 is 10.5 Å². The van der Waals surface area contributed by atoms with Gasteiger partial charge in [0, 0.05) is 11.6 Å². The largest absolute Gasteiger partial charge is 0.497 e. The molecule has 1 unspecified atom stereocenters. The first kappa shape index (κ1) is 11.8. The quantitative estimate of drug-likeness (QED) is 0.846. The number of halogens is 3. The summed E-state index contributed by atoms with van der Waals surface area (Å²) in [6.07, 6.45) is -2.83. The first-order valence-electron chi connectivity index (χ1n) is 4.30. The molecule has 1 aromatic carbocycles. The molecule has 0 fully saturated rings. The number of methoxy groups -OCH3 is 1. The van der Waals surface area contributed by atoms with Gasteiger partial charge in [-0.3, -0.25) is 0 Å². The summed E-state index contributed by atoms with van der Waals surface area (Å²) >= 11 is 0. The van der Waals surface area contributed by atoms with E-state index in [2.05, 4.69) is 0 Å². The summed E-state index contributed by atoms with van der Waals surface area (Å²) in [5.41, 5.74) is 3.13. The Kier molecular flexibility index (Phi) is 3.24. The molecule has 0 aliphatic rings. The summed E-state index contributed by atoms with van der Waals surface area (Å²) in [6, 6.07) is 3.63. The zero-order valence-electron chi connectivity index (χ0n) is 8.43. The van der Waals surface area contributed by atoms with Crippen molar-refractivity contribution >= 4 is 0 Å². The lowest BCUT2D eigenvalue weighted by atomic mass is 9.93. The van der Waals surface area contributed by atoms with Gasteiger partial charge in [0.25, 0.3) is 6.43 Å². The Morgan fingerprint density at radius 3 is 2.40 bits per heavy atom. The molecule has 1 aromatic rings. The molecular formula is C10H12F3NO. The third-order valence-corrected chi connectivity index (χ3v) is 2.21. The van der Waals surface area contributed by atoms with E-state index >= 15 is 0 Å². The fourth-order valence-electron chi connectivity index (χ4n) is 1.18. The van der Waals surface area contributed by atoms with E-state index in [1.54, 1.807) is 0 Å². The summed E-state index contributed by atoms with van der Waals surface area (Å²) in [6.45, 7) is 1.09. The molecule has 15 heavy (non-hydrogen) atoms. The number of alkyl halides is 2. The van der Waals surface area contributed by atoms with E-state index in [0.29, 0.717) is 0 Å². The van der Waals surface area contributed by atoms with Crippen LogP contribution in [0.2, 0.25) is 0 Å². The minimum atomic E-state index is -2.83. The van der Waals surface area contributed by atoms with Crippen LogP contribution in [0.25, 0.3) is 0 Å². The van der Waals surface area contributed by atoms with Crippen LogP contribution >= 0.6 is 0 Å². The Balaban J connectivity index is 3.16. The maximum absolute atomic E-state index is 13.4. The highest BCUT2D eigenvalue weighted by Gasteiger charge is 2.34. The molecule has 2 nitrogen and oxygen atoms in total. The molecule has 0 aliphatic heterocycles. The lowest BCUT2D eigenvalue weighted by Gasteiger charge is -2.24. The SMILES string of the molecule is COc1ccc(C(C)(N)C(F)F)c(F)c1. The molecule has 84 valence electrons. The van der Waals surface area contributed by atoms with Gasteiger partial charge in [-0.15, -0.1) is 0 Å². The Hall–Kier alpha value is -1.23. The van der Waals surface area contributed by atoms with Gasteiger partial charge in [0.1, 0.15) is 17.1 Å². The Morgan fingerprint density at radius 1 is 1.40 bits per heavy atom. The van der Waals surface area contributed by atoms with Crippen molar-refractivity contribution in [3.8, 4) is 5.75 Å². The summed E-state index contributed by atoms with van der Waals surface area (Å²) in [4.78, 5) is 0. The fraction of sp³-hybridized carbons (Fsp3) is 0.400. The van der Waals surface area contributed by atoms with Crippen molar-refractivity contribution in [2.75, 3.05) is 7.11 Å². The molecule has 0 saturated carbocycles. The molecule has 0 bridgehead atoms. The third-order valence-electron chi connectivity index (χ3n) is 2.21. The lowest BCUT2D eigenvalue weighted by Crippen LogP contribution is -2.41. The molecule has 0 amide bonds. The van der Waals surface area contributed by atoms with E-state index in [1.807, 2.05) is 0 Å². The van der Waals surface area contributed by atoms with E-state index < -0.39 is 17.8 Å². The van der Waals surface area contributed by atoms with Crippen molar-refractivity contribution in [3.63, 3.8) is 0 Å². The standard InChI is InChI=1S/C10H12F3NO/c1-10(14,9(12)13)7-4-3-6(15-2)5-8(7)11/h3-5,9H,14H2,1-2H3. The van der Waals surface area contributed by atoms with Crippen LogP contribution in [0.15, 0.2) is 18.2 Å². The van der Waals surface area contributed by atoms with Crippen LogP contribution in [-0.4, -0.2) is 13.5 Å². The molecular weight excluding hydrogens is 207 g/mol. The zero-order chi connectivity index (χ0) is 11.6. The van der Waals surface area contributed by atoms with Gasteiger partial charge in [-0.1, -0.05) is 6.07 Å². The summed E-state index contributed by atoms with van der Waals surface area (Å²) in [5, 5.41) is 0. The molecule has 1 rings (SSSR count). The topological polar surface area (TPSA) is 35.2 Å². The van der Waals surface area contributed by atoms with Gasteiger partial charge < -0.3 is 10.5 Å². The lowest BCUT2D eigenvalue weighted by molar-refractivity contribution is 0.0604. The predicted octanol–water partition coefficient (Wildman–Crippen LogP) is 2.27. The third kappa shape index (κ3) is 2.23. The van der Waals surface area contributed by atoms with Crippen LogP contribution in [0.3, 0.4) is 0 Å². The van der Waals surface area contributed by atoms with E-state index in [9.17, 15) is 13.2 Å². The molecule has 0 heterocycles. The summed E-state index contributed by atoms with van der Waals surface area (Å²) in [7, 11) is 1.36. The maximum atomic E-state index is 13.4. The first-order chi connectivity index (χ1) is 6.89. The molecule has 2 N–H and O–H groups in total. The van der Waals surface area contributed by atoms with Crippen molar-refractivity contribution in [3.05, 3.63) is 29.6 Å². The number of hydrogen-bond donors (Lipinski definition) is 1. The molecule has 1 atom stereocenters. The minimum absolute atomic E-state index is 0.224. The Morgan fingerprint density at radius 2 is 2.00 bits per heavy atom. The summed E-state index contributed by atoms with van der Waals surface area (Å²) < 4.78 is 43.2. The van der Waals surface area contributed by atoms with Crippen LogP contribution in [0.1, 0.15) is 12.5 Å². The van der Waals surface area contributed by atoms with Crippen LogP contribution in [-0.2, 0) is 5.54 Å². The van der Waals surface area contributed by atoms with Crippen molar-refractivity contribution < 1.29 is 17.9 Å². The Bertz CT molecular complexity index is 353. The smallest absolute Gasteiger partial charge is 0.260 e. The number of benzene rings is 1. The highest BCUT2D eigenvalue weighted by atomic mass is 19.3. The van der Waals surface area contributed by atoms with Crippen molar-refractivity contribution in [1.82, 2.24) is 0 Å². The molecule has 0 aliphatic carbocycles. The first-order valence-corrected chi connectivity index (χ1v) is 4.30. The second kappa shape index (κ2) is 4.10. The van der Waals surface area contributed by atoms with E-state index in [1.165, 1.54) is 19.2 Å². The second-order valence-corrected chi connectivity index (χ2v) is 3.43. The van der Waals surface area contributed by atoms with E-state index in [0.717, 1.165) is 13.0 Å². The van der Waals surface area contributed by atoms with E-state index in [4.69, 9.17) is 10.5 Å².